The van der Waals surface area contributed by atoms with Crippen LogP contribution < -0.4 is 0 Å². The average Bonchev–Trinajstić information content (AvgIpc) is 2.56. The zero-order chi connectivity index (χ0) is 16.0. The van der Waals surface area contributed by atoms with E-state index < -0.39 is 0 Å². The van der Waals surface area contributed by atoms with Gasteiger partial charge in [0.2, 0.25) is 0 Å². The largest absolute Gasteiger partial charge is 0.394 e. The number of morpholine rings is 1. The molecule has 1 aliphatic heterocycles. The van der Waals surface area contributed by atoms with Crippen LogP contribution in [-0.2, 0) is 9.47 Å². The van der Waals surface area contributed by atoms with Gasteiger partial charge in [0, 0.05) is 20.2 Å². The molecule has 1 N–H and O–H groups in total. The fraction of sp³-hybridized carbons (Fsp3) is 1.00. The highest BCUT2D eigenvalue weighted by Gasteiger charge is 2.26. The third-order valence-electron chi connectivity index (χ3n) is 4.51. The van der Waals surface area contributed by atoms with Gasteiger partial charge in [0.05, 0.1) is 12.7 Å². The zero-order valence-corrected chi connectivity index (χ0v) is 14.8. The Labute approximate surface area is 137 Å². The van der Waals surface area contributed by atoms with Gasteiger partial charge in [-0.2, -0.15) is 0 Å². The molecule has 1 rings (SSSR count). The third kappa shape index (κ3) is 9.09. The van der Waals surface area contributed by atoms with Crippen LogP contribution in [0.2, 0.25) is 0 Å². The highest BCUT2D eigenvalue weighted by atomic mass is 16.7. The summed E-state index contributed by atoms with van der Waals surface area (Å²) in [5.41, 5.74) is 0. The van der Waals surface area contributed by atoms with Crippen molar-refractivity contribution in [2.45, 2.75) is 83.5 Å². The van der Waals surface area contributed by atoms with Gasteiger partial charge in [-0.25, -0.2) is 0 Å². The fourth-order valence-corrected chi connectivity index (χ4v) is 3.11. The van der Waals surface area contributed by atoms with E-state index in [0.717, 1.165) is 19.6 Å². The van der Waals surface area contributed by atoms with E-state index in [1.165, 1.54) is 64.2 Å². The van der Waals surface area contributed by atoms with E-state index in [4.69, 9.17) is 9.47 Å². The van der Waals surface area contributed by atoms with Crippen molar-refractivity contribution in [2.75, 3.05) is 33.4 Å². The quantitative estimate of drug-likeness (QED) is 0.528. The Balaban J connectivity index is 1.95. The van der Waals surface area contributed by atoms with E-state index in [1.807, 2.05) is 0 Å². The lowest BCUT2D eigenvalue weighted by Crippen LogP contribution is -2.49. The highest BCUT2D eigenvalue weighted by molar-refractivity contribution is 4.73. The molecule has 22 heavy (non-hydrogen) atoms. The summed E-state index contributed by atoms with van der Waals surface area (Å²) < 4.78 is 10.9. The molecule has 0 aromatic heterocycles. The Morgan fingerprint density at radius 2 is 1.55 bits per heavy atom. The van der Waals surface area contributed by atoms with Crippen LogP contribution in [0.5, 0.6) is 0 Å². The smallest absolute Gasteiger partial charge is 0.170 e. The van der Waals surface area contributed by atoms with Crippen LogP contribution in [0.15, 0.2) is 0 Å². The summed E-state index contributed by atoms with van der Waals surface area (Å²) in [6, 6.07) is 0. The van der Waals surface area contributed by atoms with Crippen LogP contribution in [-0.4, -0.2) is 55.8 Å². The van der Waals surface area contributed by atoms with Crippen LogP contribution in [0.1, 0.15) is 71.1 Å². The van der Waals surface area contributed by atoms with Gasteiger partial charge in [0.15, 0.2) is 6.29 Å². The van der Waals surface area contributed by atoms with Crippen molar-refractivity contribution in [3.8, 4) is 0 Å². The predicted molar refractivity (Wildman–Crippen MR) is 91.0 cm³/mol. The first-order valence-corrected chi connectivity index (χ1v) is 9.31. The molecule has 0 aromatic rings. The van der Waals surface area contributed by atoms with E-state index >= 15 is 0 Å². The normalized spacial score (nSPS) is 23.0. The van der Waals surface area contributed by atoms with Crippen LogP contribution in [0.4, 0.5) is 0 Å². The molecule has 2 atom stereocenters. The lowest BCUT2D eigenvalue weighted by molar-refractivity contribution is -0.205. The Morgan fingerprint density at radius 3 is 2.09 bits per heavy atom. The summed E-state index contributed by atoms with van der Waals surface area (Å²) in [7, 11) is 1.67. The molecule has 1 aliphatic rings. The Hall–Kier alpha value is -0.160. The van der Waals surface area contributed by atoms with Crippen LogP contribution in [0, 0.1) is 0 Å². The molecule has 0 saturated carbocycles. The maximum Gasteiger partial charge on any atom is 0.170 e. The van der Waals surface area contributed by atoms with E-state index in [-0.39, 0.29) is 19.0 Å². The second-order valence-electron chi connectivity index (χ2n) is 6.55. The molecule has 1 saturated heterocycles. The summed E-state index contributed by atoms with van der Waals surface area (Å²) >= 11 is 0. The number of methoxy groups -OCH3 is 1. The van der Waals surface area contributed by atoms with Crippen molar-refractivity contribution in [3.63, 3.8) is 0 Å². The molecule has 4 heteroatoms. The van der Waals surface area contributed by atoms with Crippen LogP contribution in [0.3, 0.4) is 0 Å². The van der Waals surface area contributed by atoms with Gasteiger partial charge >= 0.3 is 0 Å². The third-order valence-corrected chi connectivity index (χ3v) is 4.51. The second kappa shape index (κ2) is 13.3. The zero-order valence-electron chi connectivity index (χ0n) is 14.8. The van der Waals surface area contributed by atoms with Crippen molar-refractivity contribution in [1.82, 2.24) is 4.90 Å². The molecular weight excluding hydrogens is 278 g/mol. The number of hydrogen-bond acceptors (Lipinski definition) is 4. The molecule has 1 heterocycles. The number of unbranched alkanes of at least 4 members (excludes halogenated alkanes) is 9. The van der Waals surface area contributed by atoms with E-state index in [9.17, 15) is 5.11 Å². The van der Waals surface area contributed by atoms with E-state index in [1.54, 1.807) is 7.11 Å². The van der Waals surface area contributed by atoms with Gasteiger partial charge < -0.3 is 14.6 Å². The molecule has 0 bridgehead atoms. The van der Waals surface area contributed by atoms with Gasteiger partial charge in [-0.05, 0) is 13.0 Å². The van der Waals surface area contributed by atoms with Gasteiger partial charge in [-0.3, -0.25) is 4.90 Å². The molecule has 0 unspecified atom stereocenters. The van der Waals surface area contributed by atoms with Crippen molar-refractivity contribution in [2.24, 2.45) is 0 Å². The molecule has 0 radical (unpaired) electrons. The summed E-state index contributed by atoms with van der Waals surface area (Å²) in [6.07, 6.45) is 13.4. The summed E-state index contributed by atoms with van der Waals surface area (Å²) in [4.78, 5) is 2.36. The molecule has 4 nitrogen and oxygen atoms in total. The minimum absolute atomic E-state index is 0.0778. The van der Waals surface area contributed by atoms with E-state index in [0.29, 0.717) is 0 Å². The monoisotopic (exact) mass is 315 g/mol. The maximum absolute atomic E-state index is 9.26. The number of aliphatic hydroxyl groups excluding tert-OH is 1. The first-order chi connectivity index (χ1) is 10.8. The van der Waals surface area contributed by atoms with Crippen molar-refractivity contribution in [3.05, 3.63) is 0 Å². The molecule has 0 aromatic carbocycles. The summed E-state index contributed by atoms with van der Waals surface area (Å²) in [6.45, 7) is 5.09. The molecule has 132 valence electrons. The number of ether oxygens (including phenoxy) is 2. The Morgan fingerprint density at radius 1 is 0.955 bits per heavy atom. The predicted octanol–water partition coefficient (Wildman–Crippen LogP) is 3.57. The van der Waals surface area contributed by atoms with Crippen LogP contribution in [0.25, 0.3) is 0 Å². The van der Waals surface area contributed by atoms with Crippen molar-refractivity contribution >= 4 is 0 Å². The molecule has 0 aliphatic carbocycles. The Bertz CT molecular complexity index is 238. The van der Waals surface area contributed by atoms with Gasteiger partial charge in [-0.1, -0.05) is 64.7 Å². The SMILES string of the molecule is CCCCCCCCCCCCN1C[C@@H](CO)O[C@H](OC)C1. The van der Waals surface area contributed by atoms with Gasteiger partial charge in [-0.15, -0.1) is 0 Å². The molecule has 1 fully saturated rings. The molecular formula is C18H37NO3. The average molecular weight is 315 g/mol. The summed E-state index contributed by atoms with van der Waals surface area (Å²) in [5, 5.41) is 9.26. The number of nitrogens with zero attached hydrogens (tertiary/aromatic N) is 1. The first-order valence-electron chi connectivity index (χ1n) is 9.31. The standard InChI is InChI=1S/C18H37NO3/c1-3-4-5-6-7-8-9-10-11-12-13-19-14-17(16-20)22-18(15-19)21-2/h17-18,20H,3-16H2,1-2H3/t17-,18-/m0/s1. The number of aliphatic hydroxyl groups is 1. The van der Waals surface area contributed by atoms with Crippen LogP contribution >= 0.6 is 0 Å². The summed E-state index contributed by atoms with van der Waals surface area (Å²) in [5.74, 6) is 0. The number of rotatable bonds is 13. The molecule has 0 spiro atoms. The van der Waals surface area contributed by atoms with E-state index in [2.05, 4.69) is 11.8 Å². The van der Waals surface area contributed by atoms with Crippen molar-refractivity contribution < 1.29 is 14.6 Å². The minimum atomic E-state index is -0.186. The topological polar surface area (TPSA) is 41.9 Å². The highest BCUT2D eigenvalue weighted by Crippen LogP contribution is 2.14. The first kappa shape index (κ1) is 19.9. The second-order valence-corrected chi connectivity index (χ2v) is 6.55. The van der Waals surface area contributed by atoms with Gasteiger partial charge in [0.25, 0.3) is 0 Å². The minimum Gasteiger partial charge on any atom is -0.394 e. The molecule has 0 amide bonds. The lowest BCUT2D eigenvalue weighted by Gasteiger charge is -2.36. The number of hydrogen-bond donors (Lipinski definition) is 1. The lowest BCUT2D eigenvalue weighted by atomic mass is 10.1. The maximum atomic E-state index is 9.26. The van der Waals surface area contributed by atoms with Crippen molar-refractivity contribution in [1.29, 1.82) is 0 Å². The fourth-order valence-electron chi connectivity index (χ4n) is 3.11. The van der Waals surface area contributed by atoms with Gasteiger partial charge in [0.1, 0.15) is 0 Å². The Kier molecular flexibility index (Phi) is 12.0.